The van der Waals surface area contributed by atoms with Crippen molar-refractivity contribution in [3.05, 3.63) is 30.3 Å². The third kappa shape index (κ3) is 7.54. The number of hydrogen-bond donors (Lipinski definition) is 1. The summed E-state index contributed by atoms with van der Waals surface area (Å²) in [7, 11) is 0. The van der Waals surface area contributed by atoms with Crippen molar-refractivity contribution in [2.75, 3.05) is 13.2 Å². The second-order valence-corrected chi connectivity index (χ2v) is 4.70. The first-order chi connectivity index (χ1) is 9.36. The second kappa shape index (κ2) is 10.5. The summed E-state index contributed by atoms with van der Waals surface area (Å²) in [5, 5.41) is 3.57. The molecule has 1 rings (SSSR count). The number of para-hydroxylation sites is 1. The summed E-state index contributed by atoms with van der Waals surface area (Å²) >= 11 is 0. The molecule has 1 aromatic carbocycles. The Kier molecular flexibility index (Phi) is 8.59. The van der Waals surface area contributed by atoms with Crippen LogP contribution in [-0.2, 0) is 0 Å². The number of terminal acetylenes is 1. The Morgan fingerprint density at radius 1 is 1.26 bits per heavy atom. The van der Waals surface area contributed by atoms with Crippen molar-refractivity contribution < 1.29 is 4.74 Å². The van der Waals surface area contributed by atoms with Crippen LogP contribution in [0.4, 0.5) is 0 Å². The van der Waals surface area contributed by atoms with Crippen molar-refractivity contribution in [1.82, 2.24) is 5.32 Å². The predicted molar refractivity (Wildman–Crippen MR) is 81.3 cm³/mol. The molecule has 0 radical (unpaired) electrons. The van der Waals surface area contributed by atoms with Gasteiger partial charge < -0.3 is 10.1 Å². The van der Waals surface area contributed by atoms with Gasteiger partial charge in [0.15, 0.2) is 0 Å². The van der Waals surface area contributed by atoms with Crippen molar-refractivity contribution >= 4 is 0 Å². The van der Waals surface area contributed by atoms with Crippen LogP contribution in [0.3, 0.4) is 0 Å². The summed E-state index contributed by atoms with van der Waals surface area (Å²) in [4.78, 5) is 0. The molecule has 0 aromatic heterocycles. The van der Waals surface area contributed by atoms with Gasteiger partial charge in [-0.15, -0.1) is 12.3 Å². The van der Waals surface area contributed by atoms with Gasteiger partial charge >= 0.3 is 0 Å². The van der Waals surface area contributed by atoms with Gasteiger partial charge in [-0.05, 0) is 44.4 Å². The minimum absolute atomic E-state index is 0.511. The molecule has 0 fully saturated rings. The SMILES string of the molecule is C#CCCCC(CCOc1ccccc1)NCCC. The van der Waals surface area contributed by atoms with Gasteiger partial charge in [0.25, 0.3) is 0 Å². The predicted octanol–water partition coefficient (Wildman–Crippen LogP) is 3.63. The molecule has 0 bridgehead atoms. The lowest BCUT2D eigenvalue weighted by molar-refractivity contribution is 0.279. The molecule has 1 atom stereocenters. The van der Waals surface area contributed by atoms with Gasteiger partial charge in [0.05, 0.1) is 6.61 Å². The molecule has 0 aliphatic rings. The van der Waals surface area contributed by atoms with Gasteiger partial charge in [-0.25, -0.2) is 0 Å². The summed E-state index contributed by atoms with van der Waals surface area (Å²) in [6, 6.07) is 10.5. The summed E-state index contributed by atoms with van der Waals surface area (Å²) in [6.45, 7) is 4.00. The Hall–Kier alpha value is -1.46. The Labute approximate surface area is 117 Å². The first-order valence-electron chi connectivity index (χ1n) is 7.21. The van der Waals surface area contributed by atoms with E-state index in [4.69, 9.17) is 11.2 Å². The van der Waals surface area contributed by atoms with Gasteiger partial charge in [-0.1, -0.05) is 25.1 Å². The van der Waals surface area contributed by atoms with E-state index in [2.05, 4.69) is 18.2 Å². The van der Waals surface area contributed by atoms with Gasteiger partial charge in [-0.2, -0.15) is 0 Å². The molecule has 0 amide bonds. The second-order valence-electron chi connectivity index (χ2n) is 4.70. The van der Waals surface area contributed by atoms with Crippen LogP contribution in [-0.4, -0.2) is 19.2 Å². The molecule has 0 saturated heterocycles. The highest BCUT2D eigenvalue weighted by molar-refractivity contribution is 5.20. The Morgan fingerprint density at radius 3 is 2.74 bits per heavy atom. The zero-order chi connectivity index (χ0) is 13.8. The lowest BCUT2D eigenvalue weighted by Crippen LogP contribution is -2.31. The third-order valence-corrected chi connectivity index (χ3v) is 3.03. The molecular weight excluding hydrogens is 234 g/mol. The highest BCUT2D eigenvalue weighted by atomic mass is 16.5. The fourth-order valence-electron chi connectivity index (χ4n) is 1.98. The van der Waals surface area contributed by atoms with E-state index in [0.717, 1.165) is 51.0 Å². The van der Waals surface area contributed by atoms with Crippen LogP contribution in [0.2, 0.25) is 0 Å². The lowest BCUT2D eigenvalue weighted by Gasteiger charge is -2.18. The summed E-state index contributed by atoms with van der Waals surface area (Å²) < 4.78 is 5.74. The van der Waals surface area contributed by atoms with Crippen LogP contribution in [0, 0.1) is 12.3 Å². The number of benzene rings is 1. The van der Waals surface area contributed by atoms with Crippen LogP contribution >= 0.6 is 0 Å². The molecule has 0 aliphatic carbocycles. The van der Waals surface area contributed by atoms with Crippen LogP contribution in [0.5, 0.6) is 5.75 Å². The highest BCUT2D eigenvalue weighted by Gasteiger charge is 2.07. The van der Waals surface area contributed by atoms with Crippen molar-refractivity contribution in [2.24, 2.45) is 0 Å². The lowest BCUT2D eigenvalue weighted by atomic mass is 10.1. The molecule has 0 saturated carbocycles. The molecule has 1 N–H and O–H groups in total. The number of nitrogens with one attached hydrogen (secondary N) is 1. The van der Waals surface area contributed by atoms with E-state index < -0.39 is 0 Å². The van der Waals surface area contributed by atoms with Gasteiger partial charge in [0.2, 0.25) is 0 Å². The zero-order valence-electron chi connectivity index (χ0n) is 11.9. The molecule has 19 heavy (non-hydrogen) atoms. The number of rotatable bonds is 10. The fraction of sp³-hybridized carbons (Fsp3) is 0.529. The minimum Gasteiger partial charge on any atom is -0.494 e. The Bertz CT molecular complexity index is 355. The van der Waals surface area contributed by atoms with E-state index in [1.807, 2.05) is 30.3 Å². The molecule has 0 aliphatic heterocycles. The van der Waals surface area contributed by atoms with Crippen molar-refractivity contribution in [1.29, 1.82) is 0 Å². The zero-order valence-corrected chi connectivity index (χ0v) is 11.9. The summed E-state index contributed by atoms with van der Waals surface area (Å²) in [5.74, 6) is 3.65. The molecule has 0 spiro atoms. The number of hydrogen-bond acceptors (Lipinski definition) is 2. The maximum atomic E-state index is 5.74. The number of ether oxygens (including phenoxy) is 1. The third-order valence-electron chi connectivity index (χ3n) is 3.03. The summed E-state index contributed by atoms with van der Waals surface area (Å²) in [6.07, 6.45) is 10.6. The van der Waals surface area contributed by atoms with Crippen LogP contribution in [0.1, 0.15) is 39.0 Å². The first-order valence-corrected chi connectivity index (χ1v) is 7.21. The largest absolute Gasteiger partial charge is 0.494 e. The highest BCUT2D eigenvalue weighted by Crippen LogP contribution is 2.10. The van der Waals surface area contributed by atoms with E-state index in [0.29, 0.717) is 6.04 Å². The molecule has 2 nitrogen and oxygen atoms in total. The maximum Gasteiger partial charge on any atom is 0.119 e. The standard InChI is InChI=1S/C17H25NO/c1-3-5-7-10-16(18-14-4-2)13-15-19-17-11-8-6-9-12-17/h1,6,8-9,11-12,16,18H,4-5,7,10,13-15H2,2H3. The van der Waals surface area contributed by atoms with Crippen molar-refractivity contribution in [3.63, 3.8) is 0 Å². The molecular formula is C17H25NO. The topological polar surface area (TPSA) is 21.3 Å². The van der Waals surface area contributed by atoms with E-state index in [-0.39, 0.29) is 0 Å². The van der Waals surface area contributed by atoms with E-state index in [9.17, 15) is 0 Å². The summed E-state index contributed by atoms with van der Waals surface area (Å²) in [5.41, 5.74) is 0. The van der Waals surface area contributed by atoms with Crippen LogP contribution in [0.25, 0.3) is 0 Å². The minimum atomic E-state index is 0.511. The molecule has 0 heterocycles. The fourth-order valence-corrected chi connectivity index (χ4v) is 1.98. The van der Waals surface area contributed by atoms with Crippen molar-refractivity contribution in [3.8, 4) is 18.1 Å². The van der Waals surface area contributed by atoms with E-state index in [1.54, 1.807) is 0 Å². The van der Waals surface area contributed by atoms with E-state index in [1.165, 1.54) is 0 Å². The molecule has 104 valence electrons. The van der Waals surface area contributed by atoms with Crippen LogP contribution in [0.15, 0.2) is 30.3 Å². The quantitative estimate of drug-likeness (QED) is 0.512. The maximum absolute atomic E-state index is 5.74. The molecule has 2 heteroatoms. The first kappa shape index (κ1) is 15.6. The Balaban J connectivity index is 2.25. The average Bonchev–Trinajstić information content (AvgIpc) is 2.45. The van der Waals surface area contributed by atoms with Gasteiger partial charge in [0.1, 0.15) is 5.75 Å². The van der Waals surface area contributed by atoms with Gasteiger partial charge in [-0.3, -0.25) is 0 Å². The molecule has 1 aromatic rings. The van der Waals surface area contributed by atoms with Gasteiger partial charge in [0, 0.05) is 12.5 Å². The normalized spacial score (nSPS) is 11.8. The monoisotopic (exact) mass is 259 g/mol. The number of unbranched alkanes of at least 4 members (excludes halogenated alkanes) is 1. The smallest absolute Gasteiger partial charge is 0.119 e. The van der Waals surface area contributed by atoms with E-state index >= 15 is 0 Å². The molecule has 1 unspecified atom stereocenters. The average molecular weight is 259 g/mol. The van der Waals surface area contributed by atoms with Crippen LogP contribution < -0.4 is 10.1 Å². The van der Waals surface area contributed by atoms with Crippen molar-refractivity contribution in [2.45, 2.75) is 45.1 Å². The Morgan fingerprint density at radius 2 is 2.05 bits per heavy atom.